The summed E-state index contributed by atoms with van der Waals surface area (Å²) in [6, 6.07) is 12.8. The highest BCUT2D eigenvalue weighted by atomic mass is 79.9. The van der Waals surface area contributed by atoms with Crippen molar-refractivity contribution in [1.29, 1.82) is 5.26 Å². The molecule has 0 aliphatic carbocycles. The van der Waals surface area contributed by atoms with E-state index >= 15 is 0 Å². The Morgan fingerprint density at radius 2 is 2.00 bits per heavy atom. The maximum absolute atomic E-state index is 11.8. The summed E-state index contributed by atoms with van der Waals surface area (Å²) in [5.41, 5.74) is 0.912. The van der Waals surface area contributed by atoms with E-state index in [1.54, 1.807) is 12.3 Å². The van der Waals surface area contributed by atoms with Gasteiger partial charge in [-0.25, -0.2) is 0 Å². The maximum Gasteiger partial charge on any atom is 0.268 e. The van der Waals surface area contributed by atoms with Crippen molar-refractivity contribution < 1.29 is 0 Å². The molecule has 17 heavy (non-hydrogen) atoms. The van der Waals surface area contributed by atoms with Gasteiger partial charge in [0.2, 0.25) is 0 Å². The Morgan fingerprint density at radius 1 is 1.24 bits per heavy atom. The first-order valence-corrected chi connectivity index (χ1v) is 5.84. The summed E-state index contributed by atoms with van der Waals surface area (Å²) < 4.78 is 2.48. The largest absolute Gasteiger partial charge is 0.310 e. The topological polar surface area (TPSA) is 45.8 Å². The molecule has 0 aliphatic heterocycles. The normalized spacial score (nSPS) is 9.88. The number of halogens is 1. The fourth-order valence-electron chi connectivity index (χ4n) is 1.56. The predicted molar refractivity (Wildman–Crippen MR) is 68.7 cm³/mol. The quantitative estimate of drug-likeness (QED) is 0.852. The van der Waals surface area contributed by atoms with Crippen molar-refractivity contribution in [2.24, 2.45) is 0 Å². The van der Waals surface area contributed by atoms with E-state index in [1.165, 1.54) is 10.6 Å². The molecule has 0 radical (unpaired) electrons. The first-order valence-electron chi connectivity index (χ1n) is 5.05. The highest BCUT2D eigenvalue weighted by Gasteiger charge is 2.04. The molecular formula is C13H9BrN2O. The zero-order valence-corrected chi connectivity index (χ0v) is 10.5. The smallest absolute Gasteiger partial charge is 0.268 e. The molecule has 1 aromatic heterocycles. The van der Waals surface area contributed by atoms with Crippen molar-refractivity contribution in [3.05, 3.63) is 68.5 Å². The fraction of sp³-hybridized carbons (Fsp3) is 0.0769. The first kappa shape index (κ1) is 11.6. The molecule has 0 N–H and O–H groups in total. The highest BCUT2D eigenvalue weighted by molar-refractivity contribution is 9.10. The van der Waals surface area contributed by atoms with E-state index in [-0.39, 0.29) is 11.1 Å². The van der Waals surface area contributed by atoms with E-state index in [2.05, 4.69) is 15.9 Å². The molecule has 0 spiro atoms. The molecule has 0 saturated carbocycles. The van der Waals surface area contributed by atoms with E-state index in [0.717, 1.165) is 10.0 Å². The number of rotatable bonds is 2. The van der Waals surface area contributed by atoms with Gasteiger partial charge in [0.1, 0.15) is 11.6 Å². The monoisotopic (exact) mass is 288 g/mol. The number of nitrogens with zero attached hydrogens (tertiary/aromatic N) is 2. The fourth-order valence-corrected chi connectivity index (χ4v) is 1.97. The van der Waals surface area contributed by atoms with Crippen LogP contribution in [0.4, 0.5) is 0 Å². The Kier molecular flexibility index (Phi) is 3.40. The van der Waals surface area contributed by atoms with Crippen LogP contribution < -0.4 is 5.56 Å². The number of hydrogen-bond acceptors (Lipinski definition) is 2. The van der Waals surface area contributed by atoms with Crippen molar-refractivity contribution >= 4 is 15.9 Å². The lowest BCUT2D eigenvalue weighted by Gasteiger charge is -2.07. The van der Waals surface area contributed by atoms with Crippen LogP contribution in [0.25, 0.3) is 0 Å². The molecule has 1 heterocycles. The molecular weight excluding hydrogens is 280 g/mol. The van der Waals surface area contributed by atoms with Crippen molar-refractivity contribution in [2.75, 3.05) is 0 Å². The van der Waals surface area contributed by atoms with Gasteiger partial charge in [-0.15, -0.1) is 0 Å². The molecule has 0 saturated heterocycles. The standard InChI is InChI=1S/C13H9BrN2O/c14-12-6-2-1-4-11(12)9-16-7-3-5-10(8-15)13(16)17/h1-7H,9H2. The molecule has 4 heteroatoms. The van der Waals surface area contributed by atoms with Gasteiger partial charge < -0.3 is 4.57 Å². The van der Waals surface area contributed by atoms with Crippen LogP contribution in [0.15, 0.2) is 51.9 Å². The minimum absolute atomic E-state index is 0.166. The Bertz CT molecular complexity index is 640. The van der Waals surface area contributed by atoms with Crippen LogP contribution in [0, 0.1) is 11.3 Å². The lowest BCUT2D eigenvalue weighted by molar-refractivity contribution is 0.754. The van der Waals surface area contributed by atoms with Gasteiger partial charge >= 0.3 is 0 Å². The average molecular weight is 289 g/mol. The van der Waals surface area contributed by atoms with Gasteiger partial charge in [0.15, 0.2) is 0 Å². The van der Waals surface area contributed by atoms with Crippen molar-refractivity contribution in [3.8, 4) is 6.07 Å². The van der Waals surface area contributed by atoms with Gasteiger partial charge in [0.25, 0.3) is 5.56 Å². The molecule has 0 aliphatic rings. The summed E-state index contributed by atoms with van der Waals surface area (Å²) in [5, 5.41) is 8.79. The average Bonchev–Trinajstić information content (AvgIpc) is 2.34. The third-order valence-electron chi connectivity index (χ3n) is 2.44. The summed E-state index contributed by atoms with van der Waals surface area (Å²) in [6.45, 7) is 0.454. The van der Waals surface area contributed by atoms with Gasteiger partial charge in [0.05, 0.1) is 6.54 Å². The summed E-state index contributed by atoms with van der Waals surface area (Å²) >= 11 is 3.43. The van der Waals surface area contributed by atoms with Crippen LogP contribution in [0.3, 0.4) is 0 Å². The van der Waals surface area contributed by atoms with Crippen molar-refractivity contribution in [2.45, 2.75) is 6.54 Å². The molecule has 1 aromatic carbocycles. The molecule has 2 rings (SSSR count). The van der Waals surface area contributed by atoms with E-state index in [0.29, 0.717) is 6.54 Å². The zero-order valence-electron chi connectivity index (χ0n) is 8.93. The van der Waals surface area contributed by atoms with Crippen LogP contribution in [0.2, 0.25) is 0 Å². The van der Waals surface area contributed by atoms with Crippen LogP contribution in [-0.2, 0) is 6.54 Å². The molecule has 84 valence electrons. The molecule has 0 bridgehead atoms. The summed E-state index contributed by atoms with van der Waals surface area (Å²) in [5.74, 6) is 0. The SMILES string of the molecule is N#Cc1cccn(Cc2ccccc2Br)c1=O. The summed E-state index contributed by atoms with van der Waals surface area (Å²) in [4.78, 5) is 11.8. The number of benzene rings is 1. The van der Waals surface area contributed by atoms with E-state index < -0.39 is 0 Å². The number of hydrogen-bond donors (Lipinski definition) is 0. The third kappa shape index (κ3) is 2.45. The lowest BCUT2D eigenvalue weighted by Crippen LogP contribution is -2.22. The van der Waals surface area contributed by atoms with Gasteiger partial charge in [0, 0.05) is 10.7 Å². The molecule has 0 atom stereocenters. The molecule has 2 aromatic rings. The van der Waals surface area contributed by atoms with Crippen LogP contribution >= 0.6 is 15.9 Å². The number of aromatic nitrogens is 1. The predicted octanol–water partition coefficient (Wildman–Crippen LogP) is 2.53. The Hall–Kier alpha value is -1.86. The van der Waals surface area contributed by atoms with Crippen molar-refractivity contribution in [1.82, 2.24) is 4.57 Å². The van der Waals surface area contributed by atoms with Crippen LogP contribution in [-0.4, -0.2) is 4.57 Å². The molecule has 3 nitrogen and oxygen atoms in total. The van der Waals surface area contributed by atoms with E-state index in [9.17, 15) is 4.79 Å². The Morgan fingerprint density at radius 3 is 2.71 bits per heavy atom. The maximum atomic E-state index is 11.8. The van der Waals surface area contributed by atoms with Gasteiger partial charge in [-0.1, -0.05) is 34.1 Å². The van der Waals surface area contributed by atoms with Gasteiger partial charge in [-0.3, -0.25) is 4.79 Å². The lowest BCUT2D eigenvalue weighted by atomic mass is 10.2. The molecule has 0 amide bonds. The Balaban J connectivity index is 2.42. The summed E-state index contributed by atoms with van der Waals surface area (Å²) in [6.07, 6.45) is 1.68. The second-order valence-corrected chi connectivity index (χ2v) is 4.41. The number of nitriles is 1. The summed E-state index contributed by atoms with van der Waals surface area (Å²) in [7, 11) is 0. The first-order chi connectivity index (χ1) is 8.22. The minimum atomic E-state index is -0.259. The highest BCUT2D eigenvalue weighted by Crippen LogP contribution is 2.16. The number of pyridine rings is 1. The van der Waals surface area contributed by atoms with E-state index in [1.807, 2.05) is 30.3 Å². The van der Waals surface area contributed by atoms with Crippen molar-refractivity contribution in [3.63, 3.8) is 0 Å². The van der Waals surface area contributed by atoms with Crippen LogP contribution in [0.5, 0.6) is 0 Å². The van der Waals surface area contributed by atoms with Crippen LogP contribution in [0.1, 0.15) is 11.1 Å². The second kappa shape index (κ2) is 4.98. The Labute approximate surface area is 107 Å². The minimum Gasteiger partial charge on any atom is -0.310 e. The van der Waals surface area contributed by atoms with Gasteiger partial charge in [-0.05, 0) is 23.8 Å². The third-order valence-corrected chi connectivity index (χ3v) is 3.21. The second-order valence-electron chi connectivity index (χ2n) is 3.56. The zero-order chi connectivity index (χ0) is 12.3. The van der Waals surface area contributed by atoms with Gasteiger partial charge in [-0.2, -0.15) is 5.26 Å². The molecule has 0 fully saturated rings. The molecule has 0 unspecified atom stereocenters. The van der Waals surface area contributed by atoms with E-state index in [4.69, 9.17) is 5.26 Å².